The van der Waals surface area contributed by atoms with Crippen LogP contribution in [0.4, 0.5) is 5.82 Å². The van der Waals surface area contributed by atoms with Crippen molar-refractivity contribution in [1.82, 2.24) is 4.98 Å². The third-order valence-corrected chi connectivity index (χ3v) is 4.17. The molecule has 1 atom stereocenters. The van der Waals surface area contributed by atoms with E-state index in [1.807, 2.05) is 40.7 Å². The minimum absolute atomic E-state index is 0.246. The number of nitrogens with zero attached hydrogens (tertiary/aromatic N) is 2. The number of nitriles is 1. The van der Waals surface area contributed by atoms with Crippen LogP contribution in [0, 0.1) is 11.3 Å². The minimum Gasteiger partial charge on any atom is -0.399 e. The van der Waals surface area contributed by atoms with Crippen LogP contribution in [0.25, 0.3) is 0 Å². The fraction of sp³-hybridized carbons (Fsp3) is 0.571. The first-order valence-electron chi connectivity index (χ1n) is 6.68. The largest absolute Gasteiger partial charge is 0.498 e. The van der Waals surface area contributed by atoms with E-state index < -0.39 is 18.3 Å². The van der Waals surface area contributed by atoms with Gasteiger partial charge in [-0.05, 0) is 40.2 Å². The van der Waals surface area contributed by atoms with Crippen molar-refractivity contribution in [3.8, 4) is 6.07 Å². The Kier molecular flexibility index (Phi) is 3.53. The van der Waals surface area contributed by atoms with Crippen LogP contribution in [-0.4, -0.2) is 23.3 Å². The summed E-state index contributed by atoms with van der Waals surface area (Å²) in [7, 11) is -0.557. The van der Waals surface area contributed by atoms with E-state index in [1.165, 1.54) is 0 Å². The molecular formula is C14H20BN3O2. The SMILES string of the molecule is CC(C#N)c1cnc(N)c(B2OC(C)(C)C(C)(C)O2)c1. The Morgan fingerprint density at radius 3 is 2.35 bits per heavy atom. The number of nitrogens with two attached hydrogens (primary N) is 1. The summed E-state index contributed by atoms with van der Waals surface area (Å²) in [6.07, 6.45) is 1.62. The average Bonchev–Trinajstić information content (AvgIpc) is 2.58. The first kappa shape index (κ1) is 14.8. The van der Waals surface area contributed by atoms with E-state index in [1.54, 1.807) is 6.20 Å². The molecule has 0 bridgehead atoms. The number of rotatable bonds is 2. The summed E-state index contributed by atoms with van der Waals surface area (Å²) in [4.78, 5) is 4.15. The number of anilines is 1. The number of pyridine rings is 1. The van der Waals surface area contributed by atoms with Crippen LogP contribution >= 0.6 is 0 Å². The third kappa shape index (κ3) is 2.39. The molecule has 1 aromatic rings. The van der Waals surface area contributed by atoms with Gasteiger partial charge in [0.05, 0.1) is 23.2 Å². The summed E-state index contributed by atoms with van der Waals surface area (Å²) in [5.74, 6) is 0.127. The molecule has 2 heterocycles. The van der Waals surface area contributed by atoms with Gasteiger partial charge in [-0.2, -0.15) is 5.26 Å². The number of hydrogen-bond acceptors (Lipinski definition) is 5. The summed E-state index contributed by atoms with van der Waals surface area (Å²) in [5.41, 5.74) is 6.57. The smallest absolute Gasteiger partial charge is 0.399 e. The molecule has 0 spiro atoms. The highest BCUT2D eigenvalue weighted by Crippen LogP contribution is 2.36. The molecule has 1 aliphatic rings. The van der Waals surface area contributed by atoms with Gasteiger partial charge in [0.2, 0.25) is 0 Å². The summed E-state index contributed by atoms with van der Waals surface area (Å²) < 4.78 is 11.9. The Labute approximate surface area is 120 Å². The van der Waals surface area contributed by atoms with Gasteiger partial charge < -0.3 is 15.0 Å². The normalized spacial score (nSPS) is 21.5. The predicted octanol–water partition coefficient (Wildman–Crippen LogP) is 1.59. The molecule has 6 heteroatoms. The highest BCUT2D eigenvalue weighted by Gasteiger charge is 2.52. The Morgan fingerprint density at radius 1 is 1.30 bits per heavy atom. The van der Waals surface area contributed by atoms with Gasteiger partial charge in [-0.25, -0.2) is 4.98 Å². The number of hydrogen-bond donors (Lipinski definition) is 1. The summed E-state index contributed by atoms with van der Waals surface area (Å²) in [6.45, 7) is 9.76. The molecule has 0 aliphatic carbocycles. The molecule has 5 nitrogen and oxygen atoms in total. The quantitative estimate of drug-likeness (QED) is 0.827. The first-order valence-corrected chi connectivity index (χ1v) is 6.68. The topological polar surface area (TPSA) is 81.2 Å². The van der Waals surface area contributed by atoms with E-state index >= 15 is 0 Å². The van der Waals surface area contributed by atoms with Crippen molar-refractivity contribution in [3.63, 3.8) is 0 Å². The monoisotopic (exact) mass is 273 g/mol. The molecule has 1 aliphatic heterocycles. The highest BCUT2D eigenvalue weighted by atomic mass is 16.7. The van der Waals surface area contributed by atoms with Crippen molar-refractivity contribution < 1.29 is 9.31 Å². The summed E-state index contributed by atoms with van der Waals surface area (Å²) >= 11 is 0. The van der Waals surface area contributed by atoms with Crippen molar-refractivity contribution in [2.75, 3.05) is 5.73 Å². The Balaban J connectivity index is 2.38. The molecule has 0 amide bonds. The van der Waals surface area contributed by atoms with Gasteiger partial charge in [-0.3, -0.25) is 0 Å². The van der Waals surface area contributed by atoms with Crippen molar-refractivity contribution in [2.24, 2.45) is 0 Å². The van der Waals surface area contributed by atoms with Gasteiger partial charge in [0, 0.05) is 11.7 Å². The minimum atomic E-state index is -0.557. The maximum atomic E-state index is 9.01. The maximum absolute atomic E-state index is 9.01. The van der Waals surface area contributed by atoms with Crippen molar-refractivity contribution >= 4 is 18.4 Å². The molecule has 20 heavy (non-hydrogen) atoms. The van der Waals surface area contributed by atoms with Crippen molar-refractivity contribution in [2.45, 2.75) is 51.7 Å². The van der Waals surface area contributed by atoms with E-state index in [-0.39, 0.29) is 5.92 Å². The Hall–Kier alpha value is -1.58. The van der Waals surface area contributed by atoms with Gasteiger partial charge >= 0.3 is 7.12 Å². The summed E-state index contributed by atoms with van der Waals surface area (Å²) in [5, 5.41) is 9.01. The molecule has 1 fully saturated rings. The number of nitrogen functional groups attached to an aromatic ring is 1. The van der Waals surface area contributed by atoms with Gasteiger partial charge in [0.25, 0.3) is 0 Å². The van der Waals surface area contributed by atoms with Gasteiger partial charge in [-0.15, -0.1) is 0 Å². The fourth-order valence-corrected chi connectivity index (χ4v) is 1.98. The number of aromatic nitrogens is 1. The Morgan fingerprint density at radius 2 is 1.85 bits per heavy atom. The highest BCUT2D eigenvalue weighted by molar-refractivity contribution is 6.63. The van der Waals surface area contributed by atoms with E-state index in [0.29, 0.717) is 11.3 Å². The average molecular weight is 273 g/mol. The predicted molar refractivity (Wildman–Crippen MR) is 78.4 cm³/mol. The molecule has 2 N–H and O–H groups in total. The first-order chi connectivity index (χ1) is 9.18. The van der Waals surface area contributed by atoms with Crippen LogP contribution in [0.15, 0.2) is 12.3 Å². The zero-order chi connectivity index (χ0) is 15.1. The second kappa shape index (κ2) is 4.76. The molecule has 1 aromatic heterocycles. The van der Waals surface area contributed by atoms with E-state index in [4.69, 9.17) is 20.3 Å². The standard InChI is InChI=1S/C14H20BN3O2/c1-9(7-16)10-6-11(12(17)18-8-10)15-19-13(2,3)14(4,5)20-15/h6,8-9H,1-5H3,(H2,17,18). The van der Waals surface area contributed by atoms with E-state index in [9.17, 15) is 0 Å². The van der Waals surface area contributed by atoms with Gasteiger partial charge in [0.15, 0.2) is 0 Å². The molecule has 106 valence electrons. The molecule has 0 radical (unpaired) electrons. The third-order valence-electron chi connectivity index (χ3n) is 4.17. The van der Waals surface area contributed by atoms with E-state index in [0.717, 1.165) is 5.56 Å². The van der Waals surface area contributed by atoms with Gasteiger partial charge in [-0.1, -0.05) is 6.07 Å². The van der Waals surface area contributed by atoms with Crippen LogP contribution in [0.3, 0.4) is 0 Å². The lowest BCUT2D eigenvalue weighted by Crippen LogP contribution is -2.41. The lowest BCUT2D eigenvalue weighted by molar-refractivity contribution is 0.00578. The lowest BCUT2D eigenvalue weighted by atomic mass is 9.78. The fourth-order valence-electron chi connectivity index (χ4n) is 1.98. The summed E-state index contributed by atoms with van der Waals surface area (Å²) in [6, 6.07) is 4.03. The van der Waals surface area contributed by atoms with Gasteiger partial charge in [0.1, 0.15) is 5.82 Å². The molecular weight excluding hydrogens is 253 g/mol. The zero-order valence-electron chi connectivity index (χ0n) is 12.6. The zero-order valence-corrected chi connectivity index (χ0v) is 12.6. The van der Waals surface area contributed by atoms with Crippen LogP contribution in [0.2, 0.25) is 0 Å². The van der Waals surface area contributed by atoms with Crippen LogP contribution in [0.1, 0.15) is 46.1 Å². The second-order valence-corrected chi connectivity index (χ2v) is 6.18. The lowest BCUT2D eigenvalue weighted by Gasteiger charge is -2.32. The molecule has 1 unspecified atom stereocenters. The van der Waals surface area contributed by atoms with Crippen LogP contribution in [0.5, 0.6) is 0 Å². The molecule has 1 saturated heterocycles. The molecule has 0 aromatic carbocycles. The molecule has 2 rings (SSSR count). The molecule has 0 saturated carbocycles. The van der Waals surface area contributed by atoms with E-state index in [2.05, 4.69) is 11.1 Å². The van der Waals surface area contributed by atoms with Crippen molar-refractivity contribution in [3.05, 3.63) is 17.8 Å². The second-order valence-electron chi connectivity index (χ2n) is 6.18. The van der Waals surface area contributed by atoms with Crippen LogP contribution in [-0.2, 0) is 9.31 Å². The Bertz CT molecular complexity index is 550. The van der Waals surface area contributed by atoms with Crippen LogP contribution < -0.4 is 11.2 Å². The maximum Gasteiger partial charge on any atom is 0.498 e. The van der Waals surface area contributed by atoms with Crippen molar-refractivity contribution in [1.29, 1.82) is 5.26 Å².